The number of carbonyl (C=O) groups excluding carboxylic acids is 4. The van der Waals surface area contributed by atoms with Gasteiger partial charge in [-0.2, -0.15) is 0 Å². The van der Waals surface area contributed by atoms with Crippen LogP contribution in [0.15, 0.2) is 30.3 Å². The zero-order valence-corrected chi connectivity index (χ0v) is 25.7. The number of likely N-dealkylation sites (N-methyl/N-ethyl adjacent to an activating group) is 1. The van der Waals surface area contributed by atoms with Crippen LogP contribution in [0, 0.1) is 27.9 Å². The molecule has 228 valence electrons. The molecule has 1 aliphatic rings. The molecule has 0 saturated heterocycles. The van der Waals surface area contributed by atoms with Crippen LogP contribution in [-0.2, 0) is 18.7 Å². The first-order chi connectivity index (χ1) is 19.7. The molecule has 2 aromatic carbocycles. The highest BCUT2D eigenvalue weighted by Gasteiger charge is 2.41. The van der Waals surface area contributed by atoms with E-state index in [1.54, 1.807) is 19.1 Å². The fourth-order valence-electron chi connectivity index (χ4n) is 5.31. The second-order valence-corrected chi connectivity index (χ2v) is 13.9. The summed E-state index contributed by atoms with van der Waals surface area (Å²) in [6.45, 7) is 9.27. The van der Waals surface area contributed by atoms with Crippen molar-refractivity contribution >= 4 is 47.5 Å². The molecule has 0 bridgehead atoms. The summed E-state index contributed by atoms with van der Waals surface area (Å²) in [5.74, 6) is -3.05. The van der Waals surface area contributed by atoms with Crippen molar-refractivity contribution in [3.63, 3.8) is 0 Å². The minimum Gasteiger partial charge on any atom is -0.357 e. The molecule has 3 atom stereocenters. The van der Waals surface area contributed by atoms with E-state index in [1.807, 2.05) is 27.7 Å². The Morgan fingerprint density at radius 2 is 1.67 bits per heavy atom. The van der Waals surface area contributed by atoms with Gasteiger partial charge in [-0.15, -0.1) is 0 Å². The maximum absolute atomic E-state index is 14.3. The SMILES string of the molecule is CCOP(=O)(CC(CC(C)C)C(=O)N[C@@H](CC(C)C)C(=O)NC)CN1C(=O)c2cccc3cc([N+](=O)[O-])cc(c23)C1=O. The predicted molar refractivity (Wildman–Crippen MR) is 158 cm³/mol. The van der Waals surface area contributed by atoms with Crippen molar-refractivity contribution in [3.05, 3.63) is 51.6 Å². The Hall–Kier alpha value is -3.63. The third-order valence-electron chi connectivity index (χ3n) is 7.06. The number of imide groups is 1. The van der Waals surface area contributed by atoms with Crippen molar-refractivity contribution in [3.8, 4) is 0 Å². The van der Waals surface area contributed by atoms with Gasteiger partial charge >= 0.3 is 0 Å². The lowest BCUT2D eigenvalue weighted by molar-refractivity contribution is -0.384. The van der Waals surface area contributed by atoms with E-state index in [0.29, 0.717) is 23.6 Å². The Labute approximate surface area is 245 Å². The van der Waals surface area contributed by atoms with E-state index in [0.717, 1.165) is 11.0 Å². The van der Waals surface area contributed by atoms with Gasteiger partial charge in [-0.1, -0.05) is 39.8 Å². The minimum absolute atomic E-state index is 0.00459. The number of nitrogens with one attached hydrogen (secondary N) is 2. The van der Waals surface area contributed by atoms with E-state index in [9.17, 15) is 33.9 Å². The fourth-order valence-corrected chi connectivity index (χ4v) is 7.76. The van der Waals surface area contributed by atoms with Gasteiger partial charge in [0.05, 0.1) is 17.1 Å². The van der Waals surface area contributed by atoms with Gasteiger partial charge in [0.25, 0.3) is 17.5 Å². The summed E-state index contributed by atoms with van der Waals surface area (Å²) < 4.78 is 20.0. The fraction of sp³-hybridized carbons (Fsp3) is 0.517. The molecule has 0 radical (unpaired) electrons. The molecule has 0 aromatic heterocycles. The monoisotopic (exact) mass is 602 g/mol. The third-order valence-corrected chi connectivity index (χ3v) is 9.50. The number of rotatable bonds is 14. The summed E-state index contributed by atoms with van der Waals surface area (Å²) in [5, 5.41) is 17.6. The van der Waals surface area contributed by atoms with Crippen LogP contribution in [0.1, 0.15) is 68.2 Å². The average molecular weight is 603 g/mol. The predicted octanol–water partition coefficient (Wildman–Crippen LogP) is 4.56. The Morgan fingerprint density at radius 3 is 2.24 bits per heavy atom. The van der Waals surface area contributed by atoms with E-state index < -0.39 is 48.3 Å². The lowest BCUT2D eigenvalue weighted by Crippen LogP contribution is -2.49. The van der Waals surface area contributed by atoms with Gasteiger partial charge in [-0.05, 0) is 43.1 Å². The molecular weight excluding hydrogens is 563 g/mol. The number of nitro groups is 1. The number of non-ortho nitro benzene ring substituents is 1. The number of hydrogen-bond donors (Lipinski definition) is 2. The molecule has 3 rings (SSSR count). The molecular formula is C29H39N4O8P. The van der Waals surface area contributed by atoms with Crippen LogP contribution in [-0.4, -0.2) is 65.6 Å². The van der Waals surface area contributed by atoms with Crippen LogP contribution in [0.25, 0.3) is 10.8 Å². The van der Waals surface area contributed by atoms with Crippen LogP contribution in [0.5, 0.6) is 0 Å². The molecule has 42 heavy (non-hydrogen) atoms. The number of hydrogen-bond acceptors (Lipinski definition) is 8. The van der Waals surface area contributed by atoms with E-state index in [-0.39, 0.29) is 47.3 Å². The molecule has 0 fully saturated rings. The van der Waals surface area contributed by atoms with E-state index in [1.165, 1.54) is 19.2 Å². The van der Waals surface area contributed by atoms with Crippen molar-refractivity contribution in [2.75, 3.05) is 26.1 Å². The van der Waals surface area contributed by atoms with Crippen LogP contribution in [0.4, 0.5) is 5.69 Å². The van der Waals surface area contributed by atoms with Gasteiger partial charge in [-0.3, -0.25) is 38.8 Å². The summed E-state index contributed by atoms with van der Waals surface area (Å²) in [7, 11) is -2.38. The summed E-state index contributed by atoms with van der Waals surface area (Å²) >= 11 is 0. The van der Waals surface area contributed by atoms with Gasteiger partial charge in [0.2, 0.25) is 19.2 Å². The zero-order valence-electron chi connectivity index (χ0n) is 24.8. The summed E-state index contributed by atoms with van der Waals surface area (Å²) in [6, 6.07) is 6.26. The number of amides is 4. The molecule has 13 heteroatoms. The van der Waals surface area contributed by atoms with Crippen LogP contribution in [0.2, 0.25) is 0 Å². The van der Waals surface area contributed by atoms with Gasteiger partial charge in [-0.25, -0.2) is 0 Å². The standard InChI is InChI=1S/C29H39N4O8P/c1-7-41-42(40,15-20(11-17(2)3)26(34)31-24(12-18(4)5)27(35)30-6)16-32-28(36)22-10-8-9-19-13-21(33(38)39)14-23(25(19)22)29(32)37/h8-10,13-14,17-18,20,24H,7,11-12,15-16H2,1-6H3,(H,30,35)(H,31,34)/t20?,24-,42?/m0/s1. The lowest BCUT2D eigenvalue weighted by atomic mass is 9.94. The molecule has 0 spiro atoms. The first-order valence-electron chi connectivity index (χ1n) is 14.0. The Kier molecular flexibility index (Phi) is 10.6. The van der Waals surface area contributed by atoms with Crippen LogP contribution in [0.3, 0.4) is 0 Å². The van der Waals surface area contributed by atoms with E-state index in [4.69, 9.17) is 4.52 Å². The van der Waals surface area contributed by atoms with Crippen LogP contribution < -0.4 is 10.6 Å². The first-order valence-corrected chi connectivity index (χ1v) is 16.0. The Bertz CT molecular complexity index is 1440. The van der Waals surface area contributed by atoms with Crippen molar-refractivity contribution < 1.29 is 33.2 Å². The zero-order chi connectivity index (χ0) is 31.4. The molecule has 12 nitrogen and oxygen atoms in total. The topological polar surface area (TPSA) is 165 Å². The van der Waals surface area contributed by atoms with Crippen molar-refractivity contribution in [2.24, 2.45) is 17.8 Å². The molecule has 1 aliphatic heterocycles. The van der Waals surface area contributed by atoms with Gasteiger partial charge in [0, 0.05) is 42.2 Å². The number of nitrogens with zero attached hydrogens (tertiary/aromatic N) is 2. The van der Waals surface area contributed by atoms with Crippen molar-refractivity contribution in [1.29, 1.82) is 0 Å². The maximum Gasteiger partial charge on any atom is 0.270 e. The van der Waals surface area contributed by atoms with E-state index in [2.05, 4.69) is 10.6 Å². The quantitative estimate of drug-likeness (QED) is 0.138. The molecule has 0 aliphatic carbocycles. The second-order valence-electron chi connectivity index (χ2n) is 11.4. The largest absolute Gasteiger partial charge is 0.357 e. The molecule has 0 saturated carbocycles. The maximum atomic E-state index is 14.3. The smallest absolute Gasteiger partial charge is 0.270 e. The first kappa shape index (κ1) is 32.9. The van der Waals surface area contributed by atoms with E-state index >= 15 is 0 Å². The van der Waals surface area contributed by atoms with Gasteiger partial charge in [0.1, 0.15) is 12.3 Å². The van der Waals surface area contributed by atoms with Crippen molar-refractivity contribution in [1.82, 2.24) is 15.5 Å². The second kappa shape index (κ2) is 13.6. The minimum atomic E-state index is -3.86. The summed E-state index contributed by atoms with van der Waals surface area (Å²) in [5.41, 5.74) is -0.208. The highest BCUT2D eigenvalue weighted by molar-refractivity contribution is 7.59. The van der Waals surface area contributed by atoms with Gasteiger partial charge in [0.15, 0.2) is 0 Å². The van der Waals surface area contributed by atoms with Gasteiger partial charge < -0.3 is 15.2 Å². The third kappa shape index (κ3) is 7.41. The highest BCUT2D eigenvalue weighted by Crippen LogP contribution is 2.51. The number of carbonyl (C=O) groups is 4. The summed E-state index contributed by atoms with van der Waals surface area (Å²) in [6.07, 6.45) is -0.155. The molecule has 4 amide bonds. The normalized spacial score (nSPS) is 16.0. The Morgan fingerprint density at radius 1 is 1.02 bits per heavy atom. The molecule has 1 heterocycles. The average Bonchev–Trinajstić information content (AvgIpc) is 2.92. The highest BCUT2D eigenvalue weighted by atomic mass is 31.2. The lowest BCUT2D eigenvalue weighted by Gasteiger charge is -2.32. The Balaban J connectivity index is 1.96. The molecule has 2 N–H and O–H groups in total. The van der Waals surface area contributed by atoms with Crippen molar-refractivity contribution in [2.45, 2.75) is 53.5 Å². The van der Waals surface area contributed by atoms with Crippen LogP contribution >= 0.6 is 7.37 Å². The number of nitro benzene ring substituents is 1. The summed E-state index contributed by atoms with van der Waals surface area (Å²) in [4.78, 5) is 64.8. The molecule has 2 aromatic rings. The molecule has 2 unspecified atom stereocenters. The number of benzene rings is 2.